The van der Waals surface area contributed by atoms with Crippen LogP contribution in [0.3, 0.4) is 0 Å². The molecule has 33 heavy (non-hydrogen) atoms. The van der Waals surface area contributed by atoms with Crippen LogP contribution in [0, 0.1) is 11.8 Å². The number of fused-ring (bicyclic) bond motifs is 1. The van der Waals surface area contributed by atoms with Gasteiger partial charge in [0.05, 0.1) is 17.7 Å². The second-order valence-corrected chi connectivity index (χ2v) is 8.36. The van der Waals surface area contributed by atoms with Gasteiger partial charge in [-0.1, -0.05) is 17.9 Å². The summed E-state index contributed by atoms with van der Waals surface area (Å²) in [5, 5.41) is 15.6. The van der Waals surface area contributed by atoms with Crippen LogP contribution in [0.25, 0.3) is 16.7 Å². The summed E-state index contributed by atoms with van der Waals surface area (Å²) in [6.07, 6.45) is 3.99. The van der Waals surface area contributed by atoms with Crippen molar-refractivity contribution < 1.29 is 19.4 Å². The number of nitrogens with zero attached hydrogens (tertiary/aromatic N) is 5. The quantitative estimate of drug-likeness (QED) is 0.482. The maximum Gasteiger partial charge on any atom is 0.359 e. The number of carbonyl (C=O) groups excluding carboxylic acids is 2. The zero-order valence-corrected chi connectivity index (χ0v) is 18.4. The molecule has 0 spiro atoms. The lowest BCUT2D eigenvalue weighted by Gasteiger charge is -2.13. The molecule has 0 unspecified atom stereocenters. The molecule has 5 rings (SSSR count). The summed E-state index contributed by atoms with van der Waals surface area (Å²) in [6.45, 7) is 2.43. The van der Waals surface area contributed by atoms with E-state index in [0.29, 0.717) is 34.7 Å². The molecule has 3 aromatic rings. The van der Waals surface area contributed by atoms with E-state index in [9.17, 15) is 14.7 Å². The average molecular weight is 445 g/mol. The first kappa shape index (κ1) is 21.1. The summed E-state index contributed by atoms with van der Waals surface area (Å²) >= 11 is 0. The average Bonchev–Trinajstić information content (AvgIpc) is 3.56. The number of likely N-dealkylation sites (tertiary alicyclic amines) is 1. The minimum Gasteiger partial charge on any atom is -0.461 e. The largest absolute Gasteiger partial charge is 0.461 e. The van der Waals surface area contributed by atoms with E-state index in [1.54, 1.807) is 43.0 Å². The first-order valence-electron chi connectivity index (χ1n) is 10.9. The van der Waals surface area contributed by atoms with Gasteiger partial charge in [-0.05, 0) is 38.0 Å². The van der Waals surface area contributed by atoms with Gasteiger partial charge in [-0.25, -0.2) is 19.4 Å². The molecule has 1 aromatic carbocycles. The SMILES string of the molecule is CCOC(=O)c1nn(-c2cccc(C#C[C@]3(O)CCN(C)C3=O)c2)c2nc(C3CC3)ncc12. The Hall–Kier alpha value is -3.77. The van der Waals surface area contributed by atoms with Crippen LogP contribution in [0.4, 0.5) is 0 Å². The molecule has 1 aliphatic carbocycles. The highest BCUT2D eigenvalue weighted by molar-refractivity contribution is 6.01. The minimum atomic E-state index is -1.67. The third kappa shape index (κ3) is 3.83. The minimum absolute atomic E-state index is 0.152. The molecule has 2 aliphatic rings. The fraction of sp³-hybridized carbons (Fsp3) is 0.375. The van der Waals surface area contributed by atoms with Crippen LogP contribution < -0.4 is 0 Å². The molecule has 9 heteroatoms. The van der Waals surface area contributed by atoms with Crippen LogP contribution >= 0.6 is 0 Å². The van der Waals surface area contributed by atoms with Crippen molar-refractivity contribution in [3.8, 4) is 17.5 Å². The van der Waals surface area contributed by atoms with Crippen molar-refractivity contribution in [1.82, 2.24) is 24.6 Å². The first-order valence-corrected chi connectivity index (χ1v) is 10.9. The molecule has 0 bridgehead atoms. The van der Waals surface area contributed by atoms with Gasteiger partial charge in [0.15, 0.2) is 11.3 Å². The van der Waals surface area contributed by atoms with Gasteiger partial charge >= 0.3 is 5.97 Å². The van der Waals surface area contributed by atoms with Crippen molar-refractivity contribution in [3.05, 3.63) is 47.5 Å². The lowest BCUT2D eigenvalue weighted by atomic mass is 10.0. The number of ether oxygens (including phenoxy) is 1. The van der Waals surface area contributed by atoms with E-state index in [-0.39, 0.29) is 18.7 Å². The van der Waals surface area contributed by atoms with Gasteiger partial charge in [-0.15, -0.1) is 0 Å². The van der Waals surface area contributed by atoms with Crippen molar-refractivity contribution in [1.29, 1.82) is 0 Å². The summed E-state index contributed by atoms with van der Waals surface area (Å²) < 4.78 is 6.75. The van der Waals surface area contributed by atoms with Crippen LogP contribution in [0.5, 0.6) is 0 Å². The standard InChI is InChI=1S/C24H23N5O4/c1-3-33-22(30)19-18-14-25-20(16-7-8-16)26-21(18)29(27-19)17-6-4-5-15(13-17)9-10-24(32)11-12-28(2)23(24)31/h4-6,13-14,16,32H,3,7-8,11-12H2,1-2H3/t24-/m0/s1. The molecule has 1 saturated carbocycles. The molecule has 1 atom stereocenters. The first-order chi connectivity index (χ1) is 15.9. The molecule has 0 radical (unpaired) electrons. The number of aromatic nitrogens is 4. The molecule has 1 aliphatic heterocycles. The smallest absolute Gasteiger partial charge is 0.359 e. The molecule has 168 valence electrons. The number of benzene rings is 1. The molecule has 2 fully saturated rings. The van der Waals surface area contributed by atoms with E-state index in [0.717, 1.165) is 18.7 Å². The number of amides is 1. The highest BCUT2D eigenvalue weighted by atomic mass is 16.5. The van der Waals surface area contributed by atoms with Crippen LogP contribution in [0.15, 0.2) is 30.5 Å². The number of hydrogen-bond donors (Lipinski definition) is 1. The van der Waals surface area contributed by atoms with E-state index >= 15 is 0 Å². The van der Waals surface area contributed by atoms with Crippen molar-refractivity contribution in [3.63, 3.8) is 0 Å². The third-order valence-corrected chi connectivity index (χ3v) is 5.87. The van der Waals surface area contributed by atoms with Crippen LogP contribution in [-0.4, -0.2) is 67.4 Å². The molecule has 1 N–H and O–H groups in total. The third-order valence-electron chi connectivity index (χ3n) is 5.87. The molecular formula is C24H23N5O4. The fourth-order valence-electron chi connectivity index (χ4n) is 3.84. The Morgan fingerprint density at radius 1 is 1.36 bits per heavy atom. The Morgan fingerprint density at radius 2 is 2.18 bits per heavy atom. The highest BCUT2D eigenvalue weighted by Gasteiger charge is 2.42. The summed E-state index contributed by atoms with van der Waals surface area (Å²) in [7, 11) is 1.64. The topological polar surface area (TPSA) is 110 Å². The van der Waals surface area contributed by atoms with Crippen molar-refractivity contribution >= 4 is 22.9 Å². The lowest BCUT2D eigenvalue weighted by Crippen LogP contribution is -2.37. The number of aliphatic hydroxyl groups is 1. The van der Waals surface area contributed by atoms with Gasteiger partial charge in [-0.2, -0.15) is 5.10 Å². The van der Waals surface area contributed by atoms with E-state index in [1.165, 1.54) is 4.90 Å². The maximum atomic E-state index is 12.5. The molecule has 3 heterocycles. The second-order valence-electron chi connectivity index (χ2n) is 8.36. The Morgan fingerprint density at radius 3 is 2.88 bits per heavy atom. The number of esters is 1. The number of hydrogen-bond acceptors (Lipinski definition) is 7. The fourth-order valence-corrected chi connectivity index (χ4v) is 3.84. The number of likely N-dealkylation sites (N-methyl/N-ethyl adjacent to an activating group) is 1. The van der Waals surface area contributed by atoms with E-state index in [2.05, 4.69) is 21.9 Å². The predicted molar refractivity (Wildman–Crippen MR) is 119 cm³/mol. The lowest BCUT2D eigenvalue weighted by molar-refractivity contribution is -0.137. The number of carbonyl (C=O) groups is 2. The summed E-state index contributed by atoms with van der Waals surface area (Å²) in [5.74, 6) is 5.78. The summed E-state index contributed by atoms with van der Waals surface area (Å²) in [4.78, 5) is 35.3. The summed E-state index contributed by atoms with van der Waals surface area (Å²) in [5.41, 5.74) is 0.240. The zero-order chi connectivity index (χ0) is 23.2. The maximum absolute atomic E-state index is 12.5. The summed E-state index contributed by atoms with van der Waals surface area (Å²) in [6, 6.07) is 7.19. The van der Waals surface area contributed by atoms with Gasteiger partial charge in [0.25, 0.3) is 5.91 Å². The Labute approximate surface area is 190 Å². The monoisotopic (exact) mass is 445 g/mol. The highest BCUT2D eigenvalue weighted by Crippen LogP contribution is 2.38. The predicted octanol–water partition coefficient (Wildman–Crippen LogP) is 1.81. The van der Waals surface area contributed by atoms with E-state index in [1.807, 2.05) is 6.07 Å². The van der Waals surface area contributed by atoms with E-state index in [4.69, 9.17) is 9.72 Å². The van der Waals surface area contributed by atoms with Crippen LogP contribution in [0.1, 0.15) is 54.0 Å². The van der Waals surface area contributed by atoms with Gasteiger partial charge in [0.2, 0.25) is 5.60 Å². The molecule has 1 amide bonds. The molecule has 1 saturated heterocycles. The van der Waals surface area contributed by atoms with Crippen LogP contribution in [-0.2, 0) is 9.53 Å². The number of rotatable bonds is 4. The second kappa shape index (κ2) is 7.98. The van der Waals surface area contributed by atoms with Crippen LogP contribution in [0.2, 0.25) is 0 Å². The normalized spacial score (nSPS) is 20.1. The van der Waals surface area contributed by atoms with Gasteiger partial charge in [0.1, 0.15) is 5.82 Å². The molecule has 2 aromatic heterocycles. The van der Waals surface area contributed by atoms with E-state index < -0.39 is 17.5 Å². The van der Waals surface area contributed by atoms with Crippen molar-refractivity contribution in [2.45, 2.75) is 37.7 Å². The Kier molecular flexibility index (Phi) is 5.10. The van der Waals surface area contributed by atoms with Crippen molar-refractivity contribution in [2.24, 2.45) is 0 Å². The van der Waals surface area contributed by atoms with Gasteiger partial charge in [-0.3, -0.25) is 4.79 Å². The Bertz CT molecular complexity index is 1330. The van der Waals surface area contributed by atoms with Gasteiger partial charge < -0.3 is 14.7 Å². The van der Waals surface area contributed by atoms with Crippen molar-refractivity contribution in [2.75, 3.05) is 20.2 Å². The molecule has 9 nitrogen and oxygen atoms in total. The Balaban J connectivity index is 1.57. The zero-order valence-electron chi connectivity index (χ0n) is 18.4. The molecular weight excluding hydrogens is 422 g/mol. The van der Waals surface area contributed by atoms with Gasteiger partial charge in [0, 0.05) is 37.7 Å².